The lowest BCUT2D eigenvalue weighted by atomic mass is 10.2. The van der Waals surface area contributed by atoms with E-state index in [-0.39, 0.29) is 0 Å². The van der Waals surface area contributed by atoms with E-state index >= 15 is 0 Å². The normalized spacial score (nSPS) is 10.6. The number of benzene rings is 1. The Bertz CT molecular complexity index is 452. The molecule has 2 aromatic rings. The Balaban J connectivity index is 2.83. The van der Waals surface area contributed by atoms with E-state index in [1.165, 1.54) is 11.3 Å². The Morgan fingerprint density at radius 2 is 2.23 bits per heavy atom. The summed E-state index contributed by atoms with van der Waals surface area (Å²) in [6, 6.07) is 5.54. The van der Waals surface area contributed by atoms with Gasteiger partial charge < -0.3 is 10.5 Å². The first kappa shape index (κ1) is 8.66. The quantitative estimate of drug-likeness (QED) is 0.790. The number of ether oxygens (including phenoxy) is 1. The van der Waals surface area contributed by atoms with Gasteiger partial charge >= 0.3 is 0 Å². The number of fused-ring (bicyclic) bond motifs is 1. The molecule has 4 heteroatoms. The third-order valence-corrected chi connectivity index (χ3v) is 3.26. The summed E-state index contributed by atoms with van der Waals surface area (Å²) in [5.41, 5.74) is 5.69. The summed E-state index contributed by atoms with van der Waals surface area (Å²) in [6.07, 6.45) is 0. The molecule has 0 bridgehead atoms. The van der Waals surface area contributed by atoms with Crippen LogP contribution in [-0.4, -0.2) is 7.11 Å². The molecule has 2 N–H and O–H groups in total. The van der Waals surface area contributed by atoms with Gasteiger partial charge in [0.2, 0.25) is 0 Å². The van der Waals surface area contributed by atoms with Gasteiger partial charge in [-0.2, -0.15) is 0 Å². The van der Waals surface area contributed by atoms with Gasteiger partial charge in [0.05, 0.1) is 21.8 Å². The number of nitrogen functional groups attached to an aromatic ring is 1. The molecule has 1 heterocycles. The summed E-state index contributed by atoms with van der Waals surface area (Å²) < 4.78 is 6.17. The molecule has 0 saturated carbocycles. The first-order valence-electron chi connectivity index (χ1n) is 3.74. The summed E-state index contributed by atoms with van der Waals surface area (Å²) in [4.78, 5) is 0. The van der Waals surface area contributed by atoms with Crippen molar-refractivity contribution >= 4 is 38.0 Å². The minimum Gasteiger partial charge on any atom is -0.496 e. The number of hydrogen-bond acceptors (Lipinski definition) is 3. The van der Waals surface area contributed by atoms with Crippen LogP contribution in [0.2, 0.25) is 5.02 Å². The number of anilines is 1. The Morgan fingerprint density at radius 3 is 2.92 bits per heavy atom. The fraction of sp³-hybridized carbons (Fsp3) is 0.111. The monoisotopic (exact) mass is 213 g/mol. The molecular formula is C9H8ClNOS. The average Bonchev–Trinajstić information content (AvgIpc) is 2.48. The topological polar surface area (TPSA) is 35.2 Å². The fourth-order valence-electron chi connectivity index (χ4n) is 1.26. The van der Waals surface area contributed by atoms with E-state index in [0.717, 1.165) is 25.9 Å². The van der Waals surface area contributed by atoms with Gasteiger partial charge in [-0.25, -0.2) is 0 Å². The Labute approximate surface area is 84.9 Å². The van der Waals surface area contributed by atoms with Crippen molar-refractivity contribution in [2.24, 2.45) is 0 Å². The van der Waals surface area contributed by atoms with Crippen molar-refractivity contribution in [3.8, 4) is 5.75 Å². The molecule has 0 radical (unpaired) electrons. The second-order valence-corrected chi connectivity index (χ2v) is 4.13. The second-order valence-electron chi connectivity index (χ2n) is 2.64. The van der Waals surface area contributed by atoms with E-state index in [4.69, 9.17) is 22.1 Å². The maximum atomic E-state index is 6.00. The largest absolute Gasteiger partial charge is 0.496 e. The van der Waals surface area contributed by atoms with Crippen LogP contribution in [0.25, 0.3) is 10.1 Å². The summed E-state index contributed by atoms with van der Waals surface area (Å²) in [5.74, 6) is 0.812. The second kappa shape index (κ2) is 3.09. The number of hydrogen-bond donors (Lipinski definition) is 1. The van der Waals surface area contributed by atoms with Crippen molar-refractivity contribution in [1.29, 1.82) is 0 Å². The van der Waals surface area contributed by atoms with Crippen LogP contribution in [0.3, 0.4) is 0 Å². The van der Waals surface area contributed by atoms with Crippen molar-refractivity contribution < 1.29 is 4.74 Å². The molecule has 0 fully saturated rings. The molecular weight excluding hydrogens is 206 g/mol. The van der Waals surface area contributed by atoms with Crippen LogP contribution in [0.5, 0.6) is 5.75 Å². The van der Waals surface area contributed by atoms with Gasteiger partial charge in [0, 0.05) is 5.39 Å². The number of rotatable bonds is 1. The van der Waals surface area contributed by atoms with Crippen molar-refractivity contribution in [2.75, 3.05) is 12.8 Å². The minimum absolute atomic E-state index is 0.720. The standard InChI is InChI=1S/C9H8ClNOS/c1-12-7-3-2-6(10)9-5(7)4-8(11)13-9/h2-4H,11H2,1H3. The van der Waals surface area contributed by atoms with Crippen molar-refractivity contribution in [2.45, 2.75) is 0 Å². The Kier molecular flexibility index (Phi) is 2.06. The van der Waals surface area contributed by atoms with Crippen LogP contribution in [0, 0.1) is 0 Å². The Hall–Kier alpha value is -0.930. The molecule has 0 amide bonds. The van der Waals surface area contributed by atoms with Crippen LogP contribution in [0.15, 0.2) is 18.2 Å². The van der Waals surface area contributed by atoms with Gasteiger partial charge in [-0.05, 0) is 18.2 Å². The fourth-order valence-corrected chi connectivity index (χ4v) is 2.39. The first-order chi connectivity index (χ1) is 6.22. The van der Waals surface area contributed by atoms with E-state index in [1.54, 1.807) is 7.11 Å². The Morgan fingerprint density at radius 1 is 1.46 bits per heavy atom. The third-order valence-electron chi connectivity index (χ3n) is 1.83. The van der Waals surface area contributed by atoms with Gasteiger partial charge in [0.15, 0.2) is 0 Å². The molecule has 0 saturated heterocycles. The molecule has 0 aliphatic rings. The van der Waals surface area contributed by atoms with E-state index in [2.05, 4.69) is 0 Å². The lowest BCUT2D eigenvalue weighted by Gasteiger charge is -2.01. The van der Waals surface area contributed by atoms with Gasteiger partial charge in [-0.1, -0.05) is 11.6 Å². The van der Waals surface area contributed by atoms with Crippen LogP contribution in [0.4, 0.5) is 5.00 Å². The lowest BCUT2D eigenvalue weighted by molar-refractivity contribution is 0.420. The van der Waals surface area contributed by atoms with Gasteiger partial charge in [-0.3, -0.25) is 0 Å². The summed E-state index contributed by atoms with van der Waals surface area (Å²) in [6.45, 7) is 0. The summed E-state index contributed by atoms with van der Waals surface area (Å²) in [5, 5.41) is 2.46. The van der Waals surface area contributed by atoms with Crippen LogP contribution in [-0.2, 0) is 0 Å². The average molecular weight is 214 g/mol. The molecule has 2 rings (SSSR count). The van der Waals surface area contributed by atoms with E-state index in [9.17, 15) is 0 Å². The van der Waals surface area contributed by atoms with Gasteiger partial charge in [0.1, 0.15) is 5.75 Å². The molecule has 0 aliphatic heterocycles. The number of halogens is 1. The predicted molar refractivity (Wildman–Crippen MR) is 57.8 cm³/mol. The van der Waals surface area contributed by atoms with Crippen LogP contribution >= 0.6 is 22.9 Å². The molecule has 1 aromatic carbocycles. The van der Waals surface area contributed by atoms with E-state index in [0.29, 0.717) is 0 Å². The highest BCUT2D eigenvalue weighted by Crippen LogP contribution is 2.38. The van der Waals surface area contributed by atoms with Crippen molar-refractivity contribution in [1.82, 2.24) is 0 Å². The highest BCUT2D eigenvalue weighted by atomic mass is 35.5. The predicted octanol–water partition coefficient (Wildman–Crippen LogP) is 3.15. The lowest BCUT2D eigenvalue weighted by Crippen LogP contribution is -1.82. The van der Waals surface area contributed by atoms with Crippen molar-refractivity contribution in [3.05, 3.63) is 23.2 Å². The molecule has 0 spiro atoms. The zero-order chi connectivity index (χ0) is 9.42. The maximum Gasteiger partial charge on any atom is 0.127 e. The molecule has 2 nitrogen and oxygen atoms in total. The molecule has 68 valence electrons. The number of nitrogens with two attached hydrogens (primary N) is 1. The summed E-state index contributed by atoms with van der Waals surface area (Å²) >= 11 is 7.47. The summed E-state index contributed by atoms with van der Waals surface area (Å²) in [7, 11) is 1.64. The molecule has 0 unspecified atom stereocenters. The molecule has 1 aromatic heterocycles. The SMILES string of the molecule is COc1ccc(Cl)c2sc(N)cc12. The van der Waals surface area contributed by atoms with Gasteiger partial charge in [-0.15, -0.1) is 11.3 Å². The van der Waals surface area contributed by atoms with Crippen molar-refractivity contribution in [3.63, 3.8) is 0 Å². The zero-order valence-electron chi connectivity index (χ0n) is 7.00. The number of thiophene rings is 1. The van der Waals surface area contributed by atoms with E-state index in [1.807, 2.05) is 18.2 Å². The highest BCUT2D eigenvalue weighted by Gasteiger charge is 2.07. The minimum atomic E-state index is 0.720. The maximum absolute atomic E-state index is 6.00. The van der Waals surface area contributed by atoms with Crippen LogP contribution in [0.1, 0.15) is 0 Å². The molecule has 13 heavy (non-hydrogen) atoms. The first-order valence-corrected chi connectivity index (χ1v) is 4.93. The molecule has 0 aliphatic carbocycles. The van der Waals surface area contributed by atoms with Crippen LogP contribution < -0.4 is 10.5 Å². The van der Waals surface area contributed by atoms with E-state index < -0.39 is 0 Å². The highest BCUT2D eigenvalue weighted by molar-refractivity contribution is 7.23. The third kappa shape index (κ3) is 1.34. The van der Waals surface area contributed by atoms with Gasteiger partial charge in [0.25, 0.3) is 0 Å². The zero-order valence-corrected chi connectivity index (χ0v) is 8.58. The molecule has 0 atom stereocenters. The number of methoxy groups -OCH3 is 1. The smallest absolute Gasteiger partial charge is 0.127 e.